The van der Waals surface area contributed by atoms with Gasteiger partial charge in [0.25, 0.3) is 0 Å². The second-order valence-electron chi connectivity index (χ2n) is 3.68. The van der Waals surface area contributed by atoms with Gasteiger partial charge in [-0.05, 0) is 29.6 Å². The van der Waals surface area contributed by atoms with E-state index < -0.39 is 5.82 Å². The van der Waals surface area contributed by atoms with Gasteiger partial charge in [-0.15, -0.1) is 11.3 Å². The first-order valence-corrected chi connectivity index (χ1v) is 6.21. The Morgan fingerprint density at radius 1 is 1.26 bits per heavy atom. The number of benzene rings is 1. The van der Waals surface area contributed by atoms with Gasteiger partial charge in [-0.2, -0.15) is 5.26 Å². The fourth-order valence-corrected chi connectivity index (χ4v) is 2.33. The SMILES string of the molecule is N#Cc1ccc(Oc2ncnc3sccc23)c(F)c1. The molecule has 1 aromatic carbocycles. The van der Waals surface area contributed by atoms with Crippen LogP contribution in [0.5, 0.6) is 11.6 Å². The lowest BCUT2D eigenvalue weighted by Crippen LogP contribution is -1.92. The first-order chi connectivity index (χ1) is 9.28. The molecule has 0 saturated carbocycles. The topological polar surface area (TPSA) is 58.8 Å². The maximum Gasteiger partial charge on any atom is 0.231 e. The van der Waals surface area contributed by atoms with E-state index in [4.69, 9.17) is 10.00 Å². The summed E-state index contributed by atoms with van der Waals surface area (Å²) in [7, 11) is 0. The highest BCUT2D eigenvalue weighted by atomic mass is 32.1. The molecule has 0 bridgehead atoms. The summed E-state index contributed by atoms with van der Waals surface area (Å²) < 4.78 is 19.2. The Bertz CT molecular complexity index is 794. The summed E-state index contributed by atoms with van der Waals surface area (Å²) in [6, 6.07) is 7.71. The average molecular weight is 271 g/mol. The van der Waals surface area contributed by atoms with Gasteiger partial charge in [0.2, 0.25) is 5.88 Å². The number of nitriles is 1. The smallest absolute Gasteiger partial charge is 0.231 e. The molecular weight excluding hydrogens is 265 g/mol. The summed E-state index contributed by atoms with van der Waals surface area (Å²) >= 11 is 1.45. The molecule has 0 N–H and O–H groups in total. The van der Waals surface area contributed by atoms with Crippen molar-refractivity contribution in [1.29, 1.82) is 5.26 Å². The summed E-state index contributed by atoms with van der Waals surface area (Å²) in [5, 5.41) is 11.3. The highest BCUT2D eigenvalue weighted by molar-refractivity contribution is 7.16. The van der Waals surface area contributed by atoms with E-state index in [2.05, 4.69) is 9.97 Å². The Hall–Kier alpha value is -2.52. The lowest BCUT2D eigenvalue weighted by molar-refractivity contribution is 0.431. The molecule has 0 saturated heterocycles. The van der Waals surface area contributed by atoms with E-state index in [1.807, 2.05) is 17.5 Å². The highest BCUT2D eigenvalue weighted by Gasteiger charge is 2.10. The summed E-state index contributed by atoms with van der Waals surface area (Å²) in [5.41, 5.74) is 0.244. The van der Waals surface area contributed by atoms with Crippen LogP contribution in [-0.2, 0) is 0 Å². The second kappa shape index (κ2) is 4.63. The molecular formula is C13H6FN3OS. The number of thiophene rings is 1. The molecule has 0 unspecified atom stereocenters. The third-order valence-electron chi connectivity index (χ3n) is 2.49. The average Bonchev–Trinajstić information content (AvgIpc) is 2.90. The maximum absolute atomic E-state index is 13.7. The molecule has 92 valence electrons. The fraction of sp³-hybridized carbons (Fsp3) is 0. The van der Waals surface area contributed by atoms with E-state index in [1.54, 1.807) is 0 Å². The van der Waals surface area contributed by atoms with Crippen LogP contribution in [0.15, 0.2) is 36.0 Å². The zero-order valence-corrected chi connectivity index (χ0v) is 10.3. The first kappa shape index (κ1) is 11.6. The number of hydrogen-bond donors (Lipinski definition) is 0. The van der Waals surface area contributed by atoms with Crippen LogP contribution in [0.25, 0.3) is 10.2 Å². The Kier molecular flexibility index (Phi) is 2.82. The Labute approximate surface area is 111 Å². The summed E-state index contributed by atoms with van der Waals surface area (Å²) in [6.07, 6.45) is 1.37. The van der Waals surface area contributed by atoms with Gasteiger partial charge in [0.05, 0.1) is 17.0 Å². The van der Waals surface area contributed by atoms with Gasteiger partial charge in [0.1, 0.15) is 11.2 Å². The zero-order valence-electron chi connectivity index (χ0n) is 9.50. The summed E-state index contributed by atoms with van der Waals surface area (Å²) in [6.45, 7) is 0. The number of fused-ring (bicyclic) bond motifs is 1. The minimum Gasteiger partial charge on any atom is -0.435 e. The van der Waals surface area contributed by atoms with E-state index >= 15 is 0 Å². The van der Waals surface area contributed by atoms with Crippen molar-refractivity contribution in [3.8, 4) is 17.7 Å². The van der Waals surface area contributed by atoms with Crippen LogP contribution in [-0.4, -0.2) is 9.97 Å². The molecule has 6 heteroatoms. The quantitative estimate of drug-likeness (QED) is 0.715. The van der Waals surface area contributed by atoms with Gasteiger partial charge in [-0.25, -0.2) is 14.4 Å². The van der Waals surface area contributed by atoms with Crippen LogP contribution in [0, 0.1) is 17.1 Å². The lowest BCUT2D eigenvalue weighted by Gasteiger charge is -2.06. The van der Waals surface area contributed by atoms with Crippen LogP contribution in [0.2, 0.25) is 0 Å². The Balaban J connectivity index is 2.02. The molecule has 0 aliphatic carbocycles. The predicted molar refractivity (Wildman–Crippen MR) is 68.6 cm³/mol. The van der Waals surface area contributed by atoms with Crippen molar-refractivity contribution in [3.63, 3.8) is 0 Å². The fourth-order valence-electron chi connectivity index (χ4n) is 1.61. The largest absolute Gasteiger partial charge is 0.435 e. The Morgan fingerprint density at radius 2 is 2.16 bits per heavy atom. The van der Waals surface area contributed by atoms with E-state index in [-0.39, 0.29) is 11.3 Å². The molecule has 0 aliphatic heterocycles. The number of hydrogen-bond acceptors (Lipinski definition) is 5. The van der Waals surface area contributed by atoms with Crippen LogP contribution in [0.4, 0.5) is 4.39 Å². The van der Waals surface area contributed by atoms with E-state index in [0.717, 1.165) is 16.3 Å². The summed E-state index contributed by atoms with van der Waals surface area (Å²) in [5.74, 6) is -0.263. The highest BCUT2D eigenvalue weighted by Crippen LogP contribution is 2.30. The second-order valence-corrected chi connectivity index (χ2v) is 4.57. The van der Waals surface area contributed by atoms with Gasteiger partial charge in [-0.3, -0.25) is 0 Å². The number of rotatable bonds is 2. The molecule has 0 fully saturated rings. The number of ether oxygens (including phenoxy) is 1. The van der Waals surface area contributed by atoms with Crippen molar-refractivity contribution in [2.24, 2.45) is 0 Å². The van der Waals surface area contributed by atoms with Crippen molar-refractivity contribution in [1.82, 2.24) is 9.97 Å². The molecule has 19 heavy (non-hydrogen) atoms. The molecule has 0 spiro atoms. The zero-order chi connectivity index (χ0) is 13.2. The van der Waals surface area contributed by atoms with E-state index in [1.165, 1.54) is 29.8 Å². The van der Waals surface area contributed by atoms with Crippen LogP contribution in [0.1, 0.15) is 5.56 Å². The summed E-state index contributed by atoms with van der Waals surface area (Å²) in [4.78, 5) is 8.86. The van der Waals surface area contributed by atoms with E-state index in [9.17, 15) is 4.39 Å². The lowest BCUT2D eigenvalue weighted by atomic mass is 10.2. The van der Waals surface area contributed by atoms with Gasteiger partial charge < -0.3 is 4.74 Å². The molecule has 2 heterocycles. The predicted octanol–water partition coefficient (Wildman–Crippen LogP) is 3.49. The molecule has 2 aromatic heterocycles. The van der Waals surface area contributed by atoms with Crippen molar-refractivity contribution >= 4 is 21.6 Å². The molecule has 0 amide bonds. The van der Waals surface area contributed by atoms with Crippen molar-refractivity contribution in [3.05, 3.63) is 47.4 Å². The third-order valence-corrected chi connectivity index (χ3v) is 3.31. The van der Waals surface area contributed by atoms with Crippen LogP contribution >= 0.6 is 11.3 Å². The van der Waals surface area contributed by atoms with Crippen molar-refractivity contribution in [2.75, 3.05) is 0 Å². The molecule has 0 atom stereocenters. The maximum atomic E-state index is 13.7. The van der Waals surface area contributed by atoms with Crippen LogP contribution < -0.4 is 4.74 Å². The van der Waals surface area contributed by atoms with Gasteiger partial charge in [-0.1, -0.05) is 0 Å². The molecule has 3 rings (SSSR count). The minimum atomic E-state index is -0.596. The normalized spacial score (nSPS) is 10.3. The third kappa shape index (κ3) is 2.11. The molecule has 3 aromatic rings. The van der Waals surface area contributed by atoms with Crippen molar-refractivity contribution in [2.45, 2.75) is 0 Å². The number of nitrogens with zero attached hydrogens (tertiary/aromatic N) is 3. The van der Waals surface area contributed by atoms with Gasteiger partial charge >= 0.3 is 0 Å². The molecule has 0 radical (unpaired) electrons. The van der Waals surface area contributed by atoms with Crippen molar-refractivity contribution < 1.29 is 9.13 Å². The molecule has 4 nitrogen and oxygen atoms in total. The standard InChI is InChI=1S/C13H6FN3OS/c14-10-5-8(6-15)1-2-11(10)18-12-9-3-4-19-13(9)17-7-16-12/h1-5,7H. The first-order valence-electron chi connectivity index (χ1n) is 5.33. The van der Waals surface area contributed by atoms with Gasteiger partial charge in [0.15, 0.2) is 11.6 Å². The monoisotopic (exact) mass is 271 g/mol. The number of aromatic nitrogens is 2. The van der Waals surface area contributed by atoms with Crippen LogP contribution in [0.3, 0.4) is 0 Å². The molecule has 0 aliphatic rings. The van der Waals surface area contributed by atoms with Gasteiger partial charge in [0, 0.05) is 0 Å². The Morgan fingerprint density at radius 3 is 2.95 bits per heavy atom. The number of halogens is 1. The van der Waals surface area contributed by atoms with E-state index in [0.29, 0.717) is 5.88 Å². The minimum absolute atomic E-state index is 0.0326.